The van der Waals surface area contributed by atoms with Crippen molar-refractivity contribution in [2.45, 2.75) is 51.5 Å². The second-order valence-electron chi connectivity index (χ2n) is 7.39. The summed E-state index contributed by atoms with van der Waals surface area (Å²) in [6.07, 6.45) is 4.65. The molecule has 142 valence electrons. The lowest BCUT2D eigenvalue weighted by atomic mass is 9.85. The molecule has 1 aliphatic heterocycles. The average Bonchev–Trinajstić information content (AvgIpc) is 3.02. The van der Waals surface area contributed by atoms with Crippen LogP contribution in [0, 0.1) is 5.92 Å². The number of nitrogens with one attached hydrogen (secondary N) is 1. The fourth-order valence-electron chi connectivity index (χ4n) is 3.77. The lowest BCUT2D eigenvalue weighted by molar-refractivity contribution is -0.133. The maximum atomic E-state index is 13.1. The molecule has 1 fully saturated rings. The number of hydrogen-bond acceptors (Lipinski definition) is 4. The molecule has 2 amide bonds. The summed E-state index contributed by atoms with van der Waals surface area (Å²) >= 11 is 1.51. The van der Waals surface area contributed by atoms with Crippen LogP contribution < -0.4 is 5.32 Å². The molecule has 5 nitrogen and oxygen atoms in total. The molecule has 1 saturated carbocycles. The Balaban J connectivity index is 1.44. The van der Waals surface area contributed by atoms with Crippen LogP contribution in [0.5, 0.6) is 0 Å². The van der Waals surface area contributed by atoms with Gasteiger partial charge in [0, 0.05) is 23.8 Å². The third-order valence-electron chi connectivity index (χ3n) is 5.66. The summed E-state index contributed by atoms with van der Waals surface area (Å²) in [7, 11) is 0. The van der Waals surface area contributed by atoms with Crippen molar-refractivity contribution >= 4 is 28.3 Å². The zero-order valence-electron chi connectivity index (χ0n) is 15.6. The van der Waals surface area contributed by atoms with Gasteiger partial charge in [-0.3, -0.25) is 9.59 Å². The van der Waals surface area contributed by atoms with E-state index in [1.807, 2.05) is 35.2 Å². The van der Waals surface area contributed by atoms with Crippen LogP contribution in [-0.4, -0.2) is 28.2 Å². The van der Waals surface area contributed by atoms with Crippen LogP contribution in [0.25, 0.3) is 0 Å². The van der Waals surface area contributed by atoms with Gasteiger partial charge in [-0.1, -0.05) is 55.0 Å². The molecule has 1 aromatic heterocycles. The van der Waals surface area contributed by atoms with Crippen LogP contribution in [0.4, 0.5) is 5.13 Å². The minimum Gasteiger partial charge on any atom is -0.337 e. The Morgan fingerprint density at radius 2 is 2.07 bits per heavy atom. The minimum atomic E-state index is -0.0986. The number of amides is 2. The second-order valence-corrected chi connectivity index (χ2v) is 8.47. The highest BCUT2D eigenvalue weighted by molar-refractivity contribution is 7.15. The molecule has 1 unspecified atom stereocenters. The summed E-state index contributed by atoms with van der Waals surface area (Å²) < 4.78 is 0. The van der Waals surface area contributed by atoms with Gasteiger partial charge in [-0.2, -0.15) is 0 Å². The number of carbonyl (C=O) groups excluding carboxylic acids is 2. The Labute approximate surface area is 163 Å². The fraction of sp³-hybridized carbons (Fsp3) is 0.476. The lowest BCUT2D eigenvalue weighted by Crippen LogP contribution is -2.38. The number of anilines is 1. The van der Waals surface area contributed by atoms with Crippen molar-refractivity contribution < 1.29 is 9.59 Å². The largest absolute Gasteiger partial charge is 0.337 e. The summed E-state index contributed by atoms with van der Waals surface area (Å²) in [5.74, 6) is 0.330. The van der Waals surface area contributed by atoms with Gasteiger partial charge in [-0.15, -0.1) is 0 Å². The summed E-state index contributed by atoms with van der Waals surface area (Å²) in [5, 5.41) is 3.65. The molecule has 0 saturated heterocycles. The maximum Gasteiger partial charge on any atom is 0.230 e. The maximum absolute atomic E-state index is 13.1. The van der Waals surface area contributed by atoms with Crippen LogP contribution in [0.15, 0.2) is 30.3 Å². The zero-order chi connectivity index (χ0) is 18.8. The number of nitrogens with zero attached hydrogens (tertiary/aromatic N) is 2. The third-order valence-corrected chi connectivity index (χ3v) is 6.66. The Hall–Kier alpha value is -2.21. The van der Waals surface area contributed by atoms with E-state index in [0.29, 0.717) is 18.2 Å². The van der Waals surface area contributed by atoms with Crippen molar-refractivity contribution in [1.82, 2.24) is 9.88 Å². The van der Waals surface area contributed by atoms with Crippen molar-refractivity contribution in [2.75, 3.05) is 11.9 Å². The van der Waals surface area contributed by atoms with Crippen molar-refractivity contribution in [1.29, 1.82) is 0 Å². The van der Waals surface area contributed by atoms with E-state index >= 15 is 0 Å². The van der Waals surface area contributed by atoms with Crippen LogP contribution in [0.2, 0.25) is 0 Å². The number of benzene rings is 1. The van der Waals surface area contributed by atoms with E-state index < -0.39 is 0 Å². The smallest absolute Gasteiger partial charge is 0.230 e. The van der Waals surface area contributed by atoms with Crippen molar-refractivity contribution in [3.8, 4) is 0 Å². The van der Waals surface area contributed by atoms with E-state index in [0.717, 1.165) is 48.2 Å². The Bertz CT molecular complexity index is 829. The predicted molar refractivity (Wildman–Crippen MR) is 107 cm³/mol. The Kier molecular flexibility index (Phi) is 5.25. The molecule has 1 aromatic carbocycles. The predicted octanol–water partition coefficient (Wildman–Crippen LogP) is 3.96. The van der Waals surface area contributed by atoms with Gasteiger partial charge >= 0.3 is 0 Å². The normalized spacial score (nSPS) is 17.7. The molecule has 2 aliphatic rings. The van der Waals surface area contributed by atoms with Crippen LogP contribution in [0.1, 0.15) is 54.7 Å². The standard InChI is InChI=1S/C21H25N3O2S/c1-2-16(14-7-4-3-5-8-14)20(26)24-12-11-17-18(13-24)27-21(22-17)23-19(25)15-9-6-10-15/h3-5,7-8,15-16H,2,6,9-13H2,1H3,(H,22,23,25). The summed E-state index contributed by atoms with van der Waals surface area (Å²) in [5.41, 5.74) is 2.11. The quantitative estimate of drug-likeness (QED) is 0.850. The first-order valence-electron chi connectivity index (χ1n) is 9.79. The van der Waals surface area contributed by atoms with E-state index in [9.17, 15) is 9.59 Å². The number of rotatable bonds is 5. The molecule has 0 bridgehead atoms. The summed E-state index contributed by atoms with van der Waals surface area (Å²) in [6.45, 7) is 3.34. The van der Waals surface area contributed by atoms with Crippen molar-refractivity contribution in [3.05, 3.63) is 46.5 Å². The lowest BCUT2D eigenvalue weighted by Gasteiger charge is -2.29. The Morgan fingerprint density at radius 1 is 1.30 bits per heavy atom. The first kappa shape index (κ1) is 18.2. The second kappa shape index (κ2) is 7.80. The summed E-state index contributed by atoms with van der Waals surface area (Å²) in [4.78, 5) is 32.9. The molecule has 6 heteroatoms. The van der Waals surface area contributed by atoms with Gasteiger partial charge in [-0.25, -0.2) is 4.98 Å². The molecule has 27 heavy (non-hydrogen) atoms. The third kappa shape index (κ3) is 3.76. The zero-order valence-corrected chi connectivity index (χ0v) is 16.4. The van der Waals surface area contributed by atoms with Gasteiger partial charge in [0.15, 0.2) is 5.13 Å². The van der Waals surface area contributed by atoms with Crippen LogP contribution >= 0.6 is 11.3 Å². The van der Waals surface area contributed by atoms with E-state index in [-0.39, 0.29) is 23.7 Å². The number of fused-ring (bicyclic) bond motifs is 1. The first-order chi connectivity index (χ1) is 13.2. The van der Waals surface area contributed by atoms with Gasteiger partial charge in [0.05, 0.1) is 18.2 Å². The summed E-state index contributed by atoms with van der Waals surface area (Å²) in [6, 6.07) is 10.0. The first-order valence-corrected chi connectivity index (χ1v) is 10.6. The van der Waals surface area contributed by atoms with E-state index in [1.165, 1.54) is 11.3 Å². The molecule has 1 N–H and O–H groups in total. The topological polar surface area (TPSA) is 62.3 Å². The van der Waals surface area contributed by atoms with Gasteiger partial charge in [0.1, 0.15) is 0 Å². The molecule has 0 radical (unpaired) electrons. The molecule has 4 rings (SSSR count). The van der Waals surface area contributed by atoms with Crippen molar-refractivity contribution in [3.63, 3.8) is 0 Å². The highest BCUT2D eigenvalue weighted by Crippen LogP contribution is 2.33. The molecule has 2 aromatic rings. The molecule has 0 spiro atoms. The van der Waals surface area contributed by atoms with Gasteiger partial charge < -0.3 is 10.2 Å². The highest BCUT2D eigenvalue weighted by Gasteiger charge is 2.30. The van der Waals surface area contributed by atoms with Crippen molar-refractivity contribution in [2.24, 2.45) is 5.92 Å². The van der Waals surface area contributed by atoms with E-state index in [1.54, 1.807) is 0 Å². The Morgan fingerprint density at radius 3 is 2.74 bits per heavy atom. The van der Waals surface area contributed by atoms with Gasteiger partial charge in [-0.05, 0) is 24.8 Å². The van der Waals surface area contributed by atoms with Crippen LogP contribution in [-0.2, 0) is 22.6 Å². The minimum absolute atomic E-state index is 0.0930. The van der Waals surface area contributed by atoms with E-state index in [2.05, 4.69) is 17.2 Å². The van der Waals surface area contributed by atoms with E-state index in [4.69, 9.17) is 0 Å². The monoisotopic (exact) mass is 383 g/mol. The molecular weight excluding hydrogens is 358 g/mol. The fourth-order valence-corrected chi connectivity index (χ4v) is 4.80. The highest BCUT2D eigenvalue weighted by atomic mass is 32.1. The molecule has 1 atom stereocenters. The SMILES string of the molecule is CCC(C(=O)N1CCc2nc(NC(=O)C3CCC3)sc2C1)c1ccccc1. The molecule has 1 aliphatic carbocycles. The number of carbonyl (C=O) groups is 2. The van der Waals surface area contributed by atoms with Gasteiger partial charge in [0.2, 0.25) is 11.8 Å². The number of aromatic nitrogens is 1. The average molecular weight is 384 g/mol. The van der Waals surface area contributed by atoms with Gasteiger partial charge in [0.25, 0.3) is 0 Å². The molecular formula is C21H25N3O2S. The number of thiazole rings is 1. The van der Waals surface area contributed by atoms with Crippen LogP contribution in [0.3, 0.4) is 0 Å². The number of hydrogen-bond donors (Lipinski definition) is 1. The molecule has 2 heterocycles.